The Balaban J connectivity index is 1.43. The Hall–Kier alpha value is -1.67. The summed E-state index contributed by atoms with van der Waals surface area (Å²) < 4.78 is 0. The van der Waals surface area contributed by atoms with E-state index in [9.17, 15) is 9.90 Å². The van der Waals surface area contributed by atoms with E-state index in [0.717, 1.165) is 64.0 Å². The van der Waals surface area contributed by atoms with Crippen molar-refractivity contribution in [2.75, 3.05) is 46.8 Å². The molecule has 0 saturated carbocycles. The largest absolute Gasteiger partial charge is 0.508 e. The number of aromatic hydroxyl groups is 1. The van der Waals surface area contributed by atoms with Crippen LogP contribution in [0.2, 0.25) is 0 Å². The first-order valence-electron chi connectivity index (χ1n) is 10.5. The van der Waals surface area contributed by atoms with Gasteiger partial charge in [0.05, 0.1) is 0 Å². The number of carbonyl (C=O) groups is 1. The fourth-order valence-corrected chi connectivity index (χ4v) is 4.92. The number of benzene rings is 1. The van der Waals surface area contributed by atoms with Gasteiger partial charge in [0.2, 0.25) is 5.91 Å². The van der Waals surface area contributed by atoms with Gasteiger partial charge in [0.1, 0.15) is 11.8 Å². The molecule has 4 rings (SSSR count). The molecule has 2 unspecified atom stereocenters. The summed E-state index contributed by atoms with van der Waals surface area (Å²) >= 11 is 0. The van der Waals surface area contributed by atoms with E-state index in [0.29, 0.717) is 0 Å². The third kappa shape index (κ3) is 3.89. The van der Waals surface area contributed by atoms with Crippen LogP contribution in [0, 0.1) is 0 Å². The van der Waals surface area contributed by atoms with Crippen molar-refractivity contribution in [3.05, 3.63) is 29.8 Å². The number of nitrogens with one attached hydrogen (secondary N) is 2. The third-order valence-electron chi connectivity index (χ3n) is 6.94. The number of nitrogens with zero attached hydrogens (tertiary/aromatic N) is 3. The van der Waals surface area contributed by atoms with E-state index in [1.165, 1.54) is 0 Å². The quantitative estimate of drug-likeness (QED) is 0.701. The topological polar surface area (TPSA) is 71.1 Å². The van der Waals surface area contributed by atoms with Crippen molar-refractivity contribution >= 4 is 5.91 Å². The molecule has 7 heteroatoms. The summed E-state index contributed by atoms with van der Waals surface area (Å²) in [4.78, 5) is 20.3. The second-order valence-corrected chi connectivity index (χ2v) is 8.78. The summed E-state index contributed by atoms with van der Waals surface area (Å²) in [5.41, 5.74) is 7.69. The molecule has 3 heterocycles. The Labute approximate surface area is 167 Å². The van der Waals surface area contributed by atoms with Crippen LogP contribution in [0.3, 0.4) is 0 Å². The van der Waals surface area contributed by atoms with Gasteiger partial charge < -0.3 is 14.9 Å². The Bertz CT molecular complexity index is 687. The minimum atomic E-state index is -0.203. The summed E-state index contributed by atoms with van der Waals surface area (Å²) in [6, 6.07) is 7.10. The zero-order valence-electron chi connectivity index (χ0n) is 17.0. The van der Waals surface area contributed by atoms with Crippen LogP contribution in [-0.4, -0.2) is 84.1 Å². The molecule has 3 aliphatic rings. The molecule has 0 aliphatic carbocycles. The highest BCUT2D eigenvalue weighted by atomic mass is 16.3. The molecule has 2 atom stereocenters. The highest BCUT2D eigenvalue weighted by Gasteiger charge is 2.43. The maximum Gasteiger partial charge on any atom is 0.241 e. The molecule has 0 radical (unpaired) electrons. The van der Waals surface area contributed by atoms with Crippen LogP contribution < -0.4 is 10.9 Å². The first-order valence-corrected chi connectivity index (χ1v) is 10.5. The smallest absolute Gasteiger partial charge is 0.241 e. The Morgan fingerprint density at radius 2 is 1.79 bits per heavy atom. The molecule has 3 fully saturated rings. The molecular weight excluding hydrogens is 354 g/mol. The minimum Gasteiger partial charge on any atom is -0.508 e. The summed E-state index contributed by atoms with van der Waals surface area (Å²) in [6.45, 7) is 4.91. The van der Waals surface area contributed by atoms with Crippen molar-refractivity contribution < 1.29 is 9.90 Å². The normalized spacial score (nSPS) is 29.1. The second kappa shape index (κ2) is 7.99. The molecule has 0 aromatic heterocycles. The number of carbonyl (C=O) groups excluding carboxylic acids is 1. The number of hydrogen-bond acceptors (Lipinski definition) is 6. The van der Waals surface area contributed by atoms with E-state index in [1.807, 2.05) is 12.1 Å². The van der Waals surface area contributed by atoms with Crippen molar-refractivity contribution in [3.8, 4) is 5.75 Å². The molecule has 154 valence electrons. The predicted octanol–water partition coefficient (Wildman–Crippen LogP) is 0.928. The van der Waals surface area contributed by atoms with Gasteiger partial charge in [-0.3, -0.25) is 9.69 Å². The van der Waals surface area contributed by atoms with Crippen molar-refractivity contribution in [1.82, 2.24) is 25.6 Å². The van der Waals surface area contributed by atoms with Crippen LogP contribution in [0.15, 0.2) is 24.3 Å². The van der Waals surface area contributed by atoms with E-state index < -0.39 is 0 Å². The highest BCUT2D eigenvalue weighted by molar-refractivity contribution is 5.82. The Kier molecular flexibility index (Phi) is 5.60. The summed E-state index contributed by atoms with van der Waals surface area (Å²) in [7, 11) is 4.42. The van der Waals surface area contributed by atoms with Gasteiger partial charge in [0, 0.05) is 31.2 Å². The number of hydrazine groups is 1. The van der Waals surface area contributed by atoms with E-state index in [-0.39, 0.29) is 29.3 Å². The van der Waals surface area contributed by atoms with Crippen LogP contribution in [0.4, 0.5) is 0 Å². The monoisotopic (exact) mass is 387 g/mol. The first kappa shape index (κ1) is 19.6. The van der Waals surface area contributed by atoms with Gasteiger partial charge in [-0.15, -0.1) is 0 Å². The van der Waals surface area contributed by atoms with Crippen molar-refractivity contribution in [2.24, 2.45) is 0 Å². The van der Waals surface area contributed by atoms with Crippen LogP contribution in [0.5, 0.6) is 5.75 Å². The van der Waals surface area contributed by atoms with Crippen LogP contribution in [0.25, 0.3) is 0 Å². The molecule has 7 nitrogen and oxygen atoms in total. The van der Waals surface area contributed by atoms with Gasteiger partial charge in [-0.05, 0) is 70.6 Å². The van der Waals surface area contributed by atoms with Crippen molar-refractivity contribution in [1.29, 1.82) is 0 Å². The number of likely N-dealkylation sites (N-methyl/N-ethyl adjacent to an activating group) is 1. The first-order chi connectivity index (χ1) is 13.5. The number of rotatable bonds is 2. The number of amides is 1. The molecule has 1 amide bonds. The molecule has 3 saturated heterocycles. The molecule has 1 aromatic carbocycles. The average Bonchev–Trinajstić information content (AvgIpc) is 3.13. The standard InChI is InChI=1S/C21H33N5O2/c1-24-12-8-21(9-13-24)15-26(11-3-10-25(21)2)20(28)19-14-18(22-23-19)16-4-6-17(27)7-5-16/h4-7,18-19,22-23,27H,3,8-15H2,1-2H3. The lowest BCUT2D eigenvalue weighted by molar-refractivity contribution is -0.134. The number of hydrogen-bond donors (Lipinski definition) is 3. The van der Waals surface area contributed by atoms with Gasteiger partial charge in [-0.2, -0.15) is 0 Å². The maximum absolute atomic E-state index is 13.3. The maximum atomic E-state index is 13.3. The fourth-order valence-electron chi connectivity index (χ4n) is 4.92. The lowest BCUT2D eigenvalue weighted by Crippen LogP contribution is -2.59. The zero-order chi connectivity index (χ0) is 19.7. The van der Waals surface area contributed by atoms with Gasteiger partial charge in [0.15, 0.2) is 0 Å². The molecule has 3 N–H and O–H groups in total. The molecule has 28 heavy (non-hydrogen) atoms. The van der Waals surface area contributed by atoms with Crippen LogP contribution in [-0.2, 0) is 4.79 Å². The average molecular weight is 388 g/mol. The molecule has 1 spiro atoms. The van der Waals surface area contributed by atoms with Gasteiger partial charge in [-0.25, -0.2) is 10.9 Å². The van der Waals surface area contributed by atoms with E-state index in [4.69, 9.17) is 0 Å². The van der Waals surface area contributed by atoms with E-state index in [1.54, 1.807) is 12.1 Å². The minimum absolute atomic E-state index is 0.0847. The lowest BCUT2D eigenvalue weighted by Gasteiger charge is -2.47. The highest BCUT2D eigenvalue weighted by Crippen LogP contribution is 2.32. The summed E-state index contributed by atoms with van der Waals surface area (Å²) in [6.07, 6.45) is 4.00. The Morgan fingerprint density at radius 3 is 2.50 bits per heavy atom. The van der Waals surface area contributed by atoms with E-state index >= 15 is 0 Å². The molecule has 1 aromatic rings. The zero-order valence-corrected chi connectivity index (χ0v) is 17.0. The lowest BCUT2D eigenvalue weighted by atomic mass is 9.85. The SMILES string of the molecule is CN1CCC2(CC1)CN(C(=O)C1CC(c3ccc(O)cc3)NN1)CCCN2C. The number of phenolic OH excluding ortho intramolecular Hbond substituents is 1. The van der Waals surface area contributed by atoms with Crippen molar-refractivity contribution in [3.63, 3.8) is 0 Å². The molecule has 3 aliphatic heterocycles. The molecule has 0 bridgehead atoms. The number of likely N-dealkylation sites (tertiary alicyclic amines) is 1. The number of phenols is 1. The summed E-state index contributed by atoms with van der Waals surface area (Å²) in [5.74, 6) is 0.474. The van der Waals surface area contributed by atoms with Crippen LogP contribution in [0.1, 0.15) is 37.3 Å². The van der Waals surface area contributed by atoms with Crippen molar-refractivity contribution in [2.45, 2.75) is 43.3 Å². The number of piperidine rings is 1. The van der Waals surface area contributed by atoms with Gasteiger partial charge in [0.25, 0.3) is 0 Å². The fraction of sp³-hybridized carbons (Fsp3) is 0.667. The van der Waals surface area contributed by atoms with Gasteiger partial charge in [-0.1, -0.05) is 12.1 Å². The Morgan fingerprint density at radius 1 is 1.07 bits per heavy atom. The van der Waals surface area contributed by atoms with E-state index in [2.05, 4.69) is 39.6 Å². The predicted molar refractivity (Wildman–Crippen MR) is 109 cm³/mol. The second-order valence-electron chi connectivity index (χ2n) is 8.78. The molecular formula is C21H33N5O2. The van der Waals surface area contributed by atoms with Crippen LogP contribution >= 0.6 is 0 Å². The van der Waals surface area contributed by atoms with Gasteiger partial charge >= 0.3 is 0 Å². The third-order valence-corrected chi connectivity index (χ3v) is 6.94. The summed E-state index contributed by atoms with van der Waals surface area (Å²) in [5, 5.41) is 9.49.